The summed E-state index contributed by atoms with van der Waals surface area (Å²) in [5.74, 6) is -0.832. The van der Waals surface area contributed by atoms with Crippen molar-refractivity contribution in [1.82, 2.24) is 0 Å². The van der Waals surface area contributed by atoms with Crippen LogP contribution in [0, 0.1) is 0 Å². The van der Waals surface area contributed by atoms with Crippen LogP contribution in [0.5, 0.6) is 0 Å². The number of aliphatic hydroxyl groups is 1. The standard InChI is InChI=1S/C23H17BrClNO3/c24-17-8-11-20-19(12-17)23(29,13-21(27)16-6-9-18(25)10-7-16)22(28)26(20)14-15-4-2-1-3-5-15/h1-12,29H,13-14H2/t23-/m0/s1. The zero-order chi connectivity index (χ0) is 20.6. The molecule has 4 nitrogen and oxygen atoms in total. The molecule has 1 amide bonds. The van der Waals surface area contributed by atoms with Crippen LogP contribution in [0.2, 0.25) is 5.02 Å². The van der Waals surface area contributed by atoms with E-state index in [1.165, 1.54) is 4.90 Å². The van der Waals surface area contributed by atoms with Crippen LogP contribution < -0.4 is 4.90 Å². The predicted molar refractivity (Wildman–Crippen MR) is 116 cm³/mol. The number of carbonyl (C=O) groups excluding carboxylic acids is 2. The van der Waals surface area contributed by atoms with E-state index in [4.69, 9.17) is 11.6 Å². The smallest absolute Gasteiger partial charge is 0.264 e. The number of halogens is 2. The molecule has 1 atom stereocenters. The second kappa shape index (κ2) is 7.75. The molecule has 3 aromatic rings. The molecule has 1 heterocycles. The van der Waals surface area contributed by atoms with E-state index in [0.29, 0.717) is 28.4 Å². The van der Waals surface area contributed by atoms with Crippen LogP contribution >= 0.6 is 27.5 Å². The number of hydrogen-bond acceptors (Lipinski definition) is 3. The summed E-state index contributed by atoms with van der Waals surface area (Å²) in [7, 11) is 0. The zero-order valence-corrected chi connectivity index (χ0v) is 17.7. The molecule has 1 aliphatic rings. The van der Waals surface area contributed by atoms with Crippen molar-refractivity contribution in [2.75, 3.05) is 4.90 Å². The molecule has 0 fully saturated rings. The number of nitrogens with zero attached hydrogens (tertiary/aromatic N) is 1. The number of carbonyl (C=O) groups is 2. The Kier molecular flexibility index (Phi) is 5.30. The fourth-order valence-electron chi connectivity index (χ4n) is 3.59. The Hall–Kier alpha value is -2.47. The van der Waals surface area contributed by atoms with Gasteiger partial charge in [0, 0.05) is 20.6 Å². The van der Waals surface area contributed by atoms with Gasteiger partial charge in [0.25, 0.3) is 5.91 Å². The number of rotatable bonds is 5. The zero-order valence-electron chi connectivity index (χ0n) is 15.3. The average molecular weight is 471 g/mol. The maximum absolute atomic E-state index is 13.3. The highest BCUT2D eigenvalue weighted by molar-refractivity contribution is 9.10. The van der Waals surface area contributed by atoms with Crippen LogP contribution in [0.25, 0.3) is 0 Å². The van der Waals surface area contributed by atoms with Gasteiger partial charge in [0.15, 0.2) is 11.4 Å². The summed E-state index contributed by atoms with van der Waals surface area (Å²) in [4.78, 5) is 27.7. The van der Waals surface area contributed by atoms with Crippen molar-refractivity contribution in [3.8, 4) is 0 Å². The summed E-state index contributed by atoms with van der Waals surface area (Å²) in [6.07, 6.45) is -0.345. The SMILES string of the molecule is O=C(C[C@@]1(O)C(=O)N(Cc2ccccc2)c2ccc(Br)cc21)c1ccc(Cl)cc1. The molecule has 1 aliphatic heterocycles. The molecular weight excluding hydrogens is 454 g/mol. The van der Waals surface area contributed by atoms with Gasteiger partial charge in [0.05, 0.1) is 18.7 Å². The molecule has 0 saturated heterocycles. The molecule has 0 bridgehead atoms. The van der Waals surface area contributed by atoms with Crippen molar-refractivity contribution in [3.63, 3.8) is 0 Å². The van der Waals surface area contributed by atoms with Crippen molar-refractivity contribution < 1.29 is 14.7 Å². The van der Waals surface area contributed by atoms with Crippen LogP contribution in [0.3, 0.4) is 0 Å². The third kappa shape index (κ3) is 3.73. The van der Waals surface area contributed by atoms with E-state index in [1.54, 1.807) is 36.4 Å². The summed E-state index contributed by atoms with van der Waals surface area (Å²) in [6.45, 7) is 0.311. The normalized spacial score (nSPS) is 18.0. The van der Waals surface area contributed by atoms with Gasteiger partial charge in [0.1, 0.15) is 0 Å². The maximum atomic E-state index is 13.3. The first-order valence-electron chi connectivity index (χ1n) is 9.05. The summed E-state index contributed by atoms with van der Waals surface area (Å²) in [5.41, 5.74) is 0.435. The fourth-order valence-corrected chi connectivity index (χ4v) is 4.07. The molecule has 0 radical (unpaired) electrons. The van der Waals surface area contributed by atoms with Gasteiger partial charge in [0.2, 0.25) is 0 Å². The minimum Gasteiger partial charge on any atom is -0.375 e. The molecule has 0 spiro atoms. The lowest BCUT2D eigenvalue weighted by molar-refractivity contribution is -0.136. The van der Waals surface area contributed by atoms with Crippen LogP contribution in [-0.4, -0.2) is 16.8 Å². The predicted octanol–water partition coefficient (Wildman–Crippen LogP) is 5.11. The Morgan fingerprint density at radius 1 is 1.03 bits per heavy atom. The van der Waals surface area contributed by atoms with Gasteiger partial charge >= 0.3 is 0 Å². The molecule has 0 aromatic heterocycles. The van der Waals surface area contributed by atoms with Gasteiger partial charge < -0.3 is 10.0 Å². The van der Waals surface area contributed by atoms with E-state index in [-0.39, 0.29) is 12.2 Å². The summed E-state index contributed by atoms with van der Waals surface area (Å²) < 4.78 is 0.725. The number of ketones is 1. The van der Waals surface area contributed by atoms with E-state index in [1.807, 2.05) is 36.4 Å². The number of anilines is 1. The molecule has 1 N–H and O–H groups in total. The average Bonchev–Trinajstić information content (AvgIpc) is 2.91. The van der Waals surface area contributed by atoms with Gasteiger partial charge in [-0.1, -0.05) is 57.9 Å². The summed E-state index contributed by atoms with van der Waals surface area (Å²) in [6, 6.07) is 21.3. The lowest BCUT2D eigenvalue weighted by atomic mass is 9.88. The topological polar surface area (TPSA) is 57.6 Å². The first kappa shape index (κ1) is 19.8. The third-order valence-corrected chi connectivity index (χ3v) is 5.81. The maximum Gasteiger partial charge on any atom is 0.264 e. The minimum atomic E-state index is -1.93. The number of hydrogen-bond donors (Lipinski definition) is 1. The van der Waals surface area contributed by atoms with Crippen LogP contribution in [0.15, 0.2) is 77.3 Å². The number of amides is 1. The number of Topliss-reactive ketones (excluding diaryl/α,β-unsaturated/α-hetero) is 1. The summed E-state index contributed by atoms with van der Waals surface area (Å²) >= 11 is 9.29. The van der Waals surface area contributed by atoms with Gasteiger partial charge in [-0.15, -0.1) is 0 Å². The second-order valence-corrected chi connectivity index (χ2v) is 8.36. The number of benzene rings is 3. The Morgan fingerprint density at radius 3 is 2.41 bits per heavy atom. The quantitative estimate of drug-likeness (QED) is 0.527. The first-order chi connectivity index (χ1) is 13.9. The van der Waals surface area contributed by atoms with E-state index < -0.39 is 11.5 Å². The van der Waals surface area contributed by atoms with Crippen molar-refractivity contribution in [2.45, 2.75) is 18.6 Å². The van der Waals surface area contributed by atoms with Crippen molar-refractivity contribution in [2.24, 2.45) is 0 Å². The van der Waals surface area contributed by atoms with Crippen molar-refractivity contribution in [1.29, 1.82) is 0 Å². The van der Waals surface area contributed by atoms with Gasteiger partial charge in [-0.3, -0.25) is 9.59 Å². The fraction of sp³-hybridized carbons (Fsp3) is 0.130. The highest BCUT2D eigenvalue weighted by atomic mass is 79.9. The first-order valence-corrected chi connectivity index (χ1v) is 10.2. The van der Waals surface area contributed by atoms with Crippen LogP contribution in [-0.2, 0) is 16.9 Å². The van der Waals surface area contributed by atoms with Crippen LogP contribution in [0.4, 0.5) is 5.69 Å². The molecule has 0 unspecified atom stereocenters. The van der Waals surface area contributed by atoms with E-state index >= 15 is 0 Å². The Bertz CT molecular complexity index is 1090. The largest absolute Gasteiger partial charge is 0.375 e. The van der Waals surface area contributed by atoms with E-state index in [9.17, 15) is 14.7 Å². The molecular formula is C23H17BrClNO3. The third-order valence-electron chi connectivity index (χ3n) is 5.06. The lowest BCUT2D eigenvalue weighted by Crippen LogP contribution is -2.41. The van der Waals surface area contributed by atoms with Crippen molar-refractivity contribution in [3.05, 3.63) is 99.0 Å². The Labute approximate surface area is 181 Å². The van der Waals surface area contributed by atoms with Gasteiger partial charge in [-0.2, -0.15) is 0 Å². The van der Waals surface area contributed by atoms with E-state index in [0.717, 1.165) is 10.0 Å². The minimum absolute atomic E-state index is 0.311. The highest BCUT2D eigenvalue weighted by Crippen LogP contribution is 2.44. The van der Waals surface area contributed by atoms with Gasteiger partial charge in [-0.05, 0) is 48.0 Å². The Balaban J connectivity index is 1.71. The lowest BCUT2D eigenvalue weighted by Gasteiger charge is -2.23. The van der Waals surface area contributed by atoms with E-state index in [2.05, 4.69) is 15.9 Å². The second-order valence-electron chi connectivity index (χ2n) is 7.01. The van der Waals surface area contributed by atoms with Crippen molar-refractivity contribution >= 4 is 44.9 Å². The molecule has 0 saturated carbocycles. The molecule has 29 heavy (non-hydrogen) atoms. The van der Waals surface area contributed by atoms with Gasteiger partial charge in [-0.25, -0.2) is 0 Å². The highest BCUT2D eigenvalue weighted by Gasteiger charge is 2.51. The molecule has 146 valence electrons. The molecule has 0 aliphatic carbocycles. The monoisotopic (exact) mass is 469 g/mol. The van der Waals surface area contributed by atoms with Crippen LogP contribution in [0.1, 0.15) is 27.9 Å². The molecule has 4 rings (SSSR count). The Morgan fingerprint density at radius 2 is 1.72 bits per heavy atom. The molecule has 6 heteroatoms. The summed E-state index contributed by atoms with van der Waals surface area (Å²) in [5, 5.41) is 11.9. The number of fused-ring (bicyclic) bond motifs is 1. The molecule has 3 aromatic carbocycles.